The highest BCUT2D eigenvalue weighted by Gasteiger charge is 2.34. The van der Waals surface area contributed by atoms with E-state index in [1.54, 1.807) is 24.3 Å². The van der Waals surface area contributed by atoms with Gasteiger partial charge in [0.05, 0.1) is 114 Å². The number of aryl methyl sites for hydroxylation is 4. The van der Waals surface area contributed by atoms with Gasteiger partial charge in [0.15, 0.2) is 79.9 Å². The molecular weight excluding hydrogens is 1880 g/mol. The SMILES string of the molecule is Cc1ccc(C2=NN(c3ccc(CC(=O)CS(=O)(=O)c4ccc(Cl)s4)cn3)C(=O)C2)cc1.Cc1ccc(C2=NN(c3ccc(CC(=O)CS(=O)(=O)c4ccc(Cl)s4)nc3)C(=O)C2)cc1.Cc1ccc(C2=NN(c3ccc(CC(=O)CS(=O)(=O)c4ccc(Cl)s4)nn3)C(=O)C2)cc1.Cc1ccc(C2=NN(c3cnc(CC(=O)CS(=O)(=O)c4ccc(Cl)s4)cn3)C(=O)C2)cc1. The molecule has 0 atom stereocenters. The molecule has 0 spiro atoms. The summed E-state index contributed by atoms with van der Waals surface area (Å²) < 4.78 is 100. The molecule has 0 aliphatic carbocycles. The van der Waals surface area contributed by atoms with Gasteiger partial charge in [-0.3, -0.25) is 48.3 Å². The van der Waals surface area contributed by atoms with Gasteiger partial charge >= 0.3 is 0 Å². The number of carbonyl (C=O) groups is 8. The Kier molecular flexibility index (Phi) is 29.9. The summed E-state index contributed by atoms with van der Waals surface area (Å²) in [5.74, 6) is -4.55. The van der Waals surface area contributed by atoms with Gasteiger partial charge in [-0.25, -0.2) is 43.6 Å². The predicted octanol–water partition coefficient (Wildman–Crippen LogP) is 14.1. The lowest BCUT2D eigenvalue weighted by atomic mass is 10.1. The highest BCUT2D eigenvalue weighted by atomic mass is 35.5. The zero-order valence-corrected chi connectivity index (χ0v) is 77.2. The van der Waals surface area contributed by atoms with Crippen LogP contribution in [0.5, 0.6) is 0 Å². The molecule has 42 heteroatoms. The number of amides is 4. The minimum atomic E-state index is -3.76. The van der Waals surface area contributed by atoms with Crippen LogP contribution in [0.25, 0.3) is 0 Å². The molecule has 30 nitrogen and oxygen atoms in total. The average Bonchev–Trinajstić information content (AvgIpc) is 1.66. The van der Waals surface area contributed by atoms with Crippen molar-refractivity contribution in [2.45, 2.75) is 95.9 Å². The van der Waals surface area contributed by atoms with E-state index < -0.39 is 85.5 Å². The third-order valence-electron chi connectivity index (χ3n) is 18.9. The van der Waals surface area contributed by atoms with Crippen LogP contribution in [0.15, 0.2) is 244 Å². The van der Waals surface area contributed by atoms with E-state index in [1.807, 2.05) is 125 Å². The van der Waals surface area contributed by atoms with E-state index >= 15 is 0 Å². The van der Waals surface area contributed by atoms with Crippen molar-refractivity contribution in [3.63, 3.8) is 0 Å². The molecule has 0 N–H and O–H groups in total. The van der Waals surface area contributed by atoms with Gasteiger partial charge in [-0.15, -0.1) is 50.4 Å². The summed E-state index contributed by atoms with van der Waals surface area (Å²) in [5, 5.41) is 30.4. The normalized spacial score (nSPS) is 14.0. The maximum Gasteiger partial charge on any atom is 0.255 e. The molecule has 4 aromatic carbocycles. The number of hydrogen-bond donors (Lipinski definition) is 0. The van der Waals surface area contributed by atoms with Gasteiger partial charge in [-0.1, -0.05) is 172 Å². The first kappa shape index (κ1) is 94.0. The van der Waals surface area contributed by atoms with Crippen LogP contribution in [0.2, 0.25) is 17.3 Å². The standard InChI is InChI=1S/2C22H18ClN3O4S2.2C21H17ClN4O4S2/c1-14-2-5-16(6-3-14)18-11-21(28)26(25-18)20-8-4-15(12-24-20)10-17(27)13-32(29,30)22-9-7-19(23)31-22;1-14-2-4-15(5-3-14)19-11-21(28)26(25-19)17-7-6-16(24-12-17)10-18(27)13-32(29,30)22-9-8-20(23)31-22;1-13-2-4-14(5-3-13)17-11-20(28)26(25-17)19-8-6-15(23-24-19)10-16(27)12-32(29,30)21-9-7-18(22)31-21;1-13-2-4-14(5-3-13)17-9-20(28)26(25-17)19-11-23-15(10-24-19)8-16(27)12-32(29,30)21-7-6-18(22)31-21/h2*2-9,12H,10-11,13H2,1H3;2-9H,10-12H2,1H3;2-7,10-11H,8-9,12H2,1H3. The van der Waals surface area contributed by atoms with Gasteiger partial charge in [0.1, 0.15) is 39.8 Å². The molecule has 0 bridgehead atoms. The molecule has 0 saturated carbocycles. The summed E-state index contributed by atoms with van der Waals surface area (Å²) in [4.78, 5) is 116. The maximum absolute atomic E-state index is 12.4. The first-order chi connectivity index (χ1) is 60.8. The molecule has 0 fully saturated rings. The Morgan fingerprint density at radius 3 is 0.938 bits per heavy atom. The van der Waals surface area contributed by atoms with E-state index in [0.717, 1.165) is 89.9 Å². The highest BCUT2D eigenvalue weighted by Crippen LogP contribution is 2.33. The van der Waals surface area contributed by atoms with Crippen molar-refractivity contribution in [1.29, 1.82) is 0 Å². The number of hydrazone groups is 4. The summed E-state index contributed by atoms with van der Waals surface area (Å²) in [5.41, 5.74) is 12.6. The molecule has 0 radical (unpaired) electrons. The number of rotatable bonds is 28. The number of aromatic nitrogens is 6. The van der Waals surface area contributed by atoms with Gasteiger partial charge < -0.3 is 0 Å². The molecule has 8 aromatic heterocycles. The molecule has 4 aliphatic heterocycles. The minimum Gasteiger partial charge on any atom is -0.298 e. The lowest BCUT2D eigenvalue weighted by molar-refractivity contribution is -0.117. The number of ketones is 4. The molecular formula is C86H70Cl4N14O16S8. The summed E-state index contributed by atoms with van der Waals surface area (Å²) in [6, 6.07) is 51.9. The quantitative estimate of drug-likeness (QED) is 0.0439. The third-order valence-corrected chi connectivity index (χ3v) is 32.9. The number of halogens is 4. The number of nitrogens with zero attached hydrogens (tertiary/aromatic N) is 14. The van der Waals surface area contributed by atoms with Gasteiger partial charge in [0, 0.05) is 24.7 Å². The molecule has 4 aliphatic rings. The Morgan fingerprint density at radius 1 is 0.305 bits per heavy atom. The summed E-state index contributed by atoms with van der Waals surface area (Å²) in [7, 11) is -15.0. The van der Waals surface area contributed by atoms with Crippen LogP contribution in [-0.2, 0) is 103 Å². The van der Waals surface area contributed by atoms with Crippen LogP contribution in [0.1, 0.15) is 92.8 Å². The average molecular weight is 1950 g/mol. The van der Waals surface area contributed by atoms with E-state index in [0.29, 0.717) is 74.3 Å². The Hall–Kier alpha value is -11.7. The number of sulfone groups is 4. The Morgan fingerprint density at radius 2 is 0.617 bits per heavy atom. The summed E-state index contributed by atoms with van der Waals surface area (Å²) in [6.45, 7) is 7.93. The van der Waals surface area contributed by atoms with E-state index in [1.165, 1.54) is 105 Å². The molecule has 0 unspecified atom stereocenters. The van der Waals surface area contributed by atoms with Crippen LogP contribution in [0, 0.1) is 27.7 Å². The van der Waals surface area contributed by atoms with Crippen LogP contribution in [-0.4, -0.2) is 156 Å². The molecule has 0 saturated heterocycles. The molecule has 4 amide bonds. The van der Waals surface area contributed by atoms with E-state index in [-0.39, 0.29) is 103 Å². The second kappa shape index (κ2) is 40.8. The summed E-state index contributed by atoms with van der Waals surface area (Å²) >= 11 is 26.8. The number of hydrogen-bond acceptors (Lipinski definition) is 30. The number of benzene rings is 4. The van der Waals surface area contributed by atoms with Crippen molar-refractivity contribution in [1.82, 2.24) is 30.1 Å². The van der Waals surface area contributed by atoms with E-state index in [2.05, 4.69) is 50.5 Å². The molecule has 16 rings (SSSR count). The Bertz CT molecular complexity index is 6090. The zero-order chi connectivity index (χ0) is 91.5. The second-order valence-electron chi connectivity index (χ2n) is 29.1. The van der Waals surface area contributed by atoms with Crippen molar-refractivity contribution in [2.24, 2.45) is 20.4 Å². The fourth-order valence-electron chi connectivity index (χ4n) is 12.5. The van der Waals surface area contributed by atoms with Gasteiger partial charge in [-0.05, 0) is 134 Å². The largest absolute Gasteiger partial charge is 0.298 e. The van der Waals surface area contributed by atoms with Crippen molar-refractivity contribution >= 4 is 224 Å². The van der Waals surface area contributed by atoms with E-state index in [9.17, 15) is 72.0 Å². The van der Waals surface area contributed by atoms with Crippen LogP contribution < -0.4 is 20.0 Å². The topological polar surface area (TPSA) is 413 Å². The summed E-state index contributed by atoms with van der Waals surface area (Å²) in [6.07, 6.45) is 5.64. The first-order valence-electron chi connectivity index (χ1n) is 38.3. The fraction of sp³-hybridized carbons (Fsp3) is 0.186. The van der Waals surface area contributed by atoms with Gasteiger partial charge in [0.2, 0.25) is 0 Å². The second-order valence-corrected chi connectivity index (χ2v) is 44.8. The van der Waals surface area contributed by atoms with Gasteiger partial charge in [-0.2, -0.15) is 45.5 Å². The molecule has 128 heavy (non-hydrogen) atoms. The van der Waals surface area contributed by atoms with Crippen LogP contribution in [0.4, 0.5) is 23.1 Å². The van der Waals surface area contributed by atoms with Crippen molar-refractivity contribution < 1.29 is 72.0 Å². The monoisotopic (exact) mass is 1950 g/mol. The smallest absolute Gasteiger partial charge is 0.255 e. The van der Waals surface area contributed by atoms with E-state index in [4.69, 9.17) is 46.4 Å². The fourth-order valence-corrected chi connectivity index (χ4v) is 23.8. The Balaban J connectivity index is 0.000000146. The lowest BCUT2D eigenvalue weighted by Crippen LogP contribution is -2.22. The number of thiophene rings is 4. The third kappa shape index (κ3) is 24.6. The number of Topliss-reactive ketones (excluding diaryl/α,β-unsaturated/α-hetero) is 4. The van der Waals surface area contributed by atoms with Crippen molar-refractivity contribution in [3.05, 3.63) is 291 Å². The Labute approximate surface area is 770 Å². The van der Waals surface area contributed by atoms with Gasteiger partial charge in [0.25, 0.3) is 23.6 Å². The molecule has 12 heterocycles. The molecule has 656 valence electrons. The predicted molar refractivity (Wildman–Crippen MR) is 492 cm³/mol. The lowest BCUT2D eigenvalue weighted by Gasteiger charge is -2.11. The first-order valence-corrected chi connectivity index (χ1v) is 49.7. The number of pyridine rings is 2. The van der Waals surface area contributed by atoms with Crippen LogP contribution in [0.3, 0.4) is 0 Å². The zero-order valence-electron chi connectivity index (χ0n) is 67.7. The van der Waals surface area contributed by atoms with Crippen molar-refractivity contribution in [3.8, 4) is 0 Å². The number of anilines is 4. The minimum absolute atomic E-state index is 0.0482. The maximum atomic E-state index is 12.4. The van der Waals surface area contributed by atoms with Crippen molar-refractivity contribution in [2.75, 3.05) is 43.0 Å². The number of carbonyl (C=O) groups excluding carboxylic acids is 8. The van der Waals surface area contributed by atoms with Crippen LogP contribution >= 0.6 is 91.8 Å². The molecule has 12 aromatic rings. The highest BCUT2D eigenvalue weighted by molar-refractivity contribution is 7.95.